The largest absolute Gasteiger partial charge is 0.497 e. The van der Waals surface area contributed by atoms with Crippen molar-refractivity contribution >= 4 is 5.69 Å². The molecule has 1 saturated heterocycles. The van der Waals surface area contributed by atoms with Crippen molar-refractivity contribution in [3.63, 3.8) is 0 Å². The van der Waals surface area contributed by atoms with Gasteiger partial charge in [0.1, 0.15) is 23.9 Å². The summed E-state index contributed by atoms with van der Waals surface area (Å²) >= 11 is 0. The molecule has 0 radical (unpaired) electrons. The number of halogens is 1. The molecule has 0 bridgehead atoms. The van der Waals surface area contributed by atoms with Gasteiger partial charge < -0.3 is 19.3 Å². The Balaban J connectivity index is 1.62. The summed E-state index contributed by atoms with van der Waals surface area (Å²) < 4.78 is 23.8. The first-order chi connectivity index (χ1) is 11.7. The first kappa shape index (κ1) is 16.6. The average molecular weight is 331 g/mol. The number of nitrogens with one attached hydrogen (secondary N) is 1. The second-order valence-electron chi connectivity index (χ2n) is 6.07. The highest BCUT2D eigenvalue weighted by atomic mass is 19.1. The van der Waals surface area contributed by atoms with Gasteiger partial charge in [0.25, 0.3) is 0 Å². The molecule has 1 aliphatic rings. The minimum atomic E-state index is -0.187. The molecule has 0 spiro atoms. The number of piperazine rings is 1. The molecule has 1 heterocycles. The van der Waals surface area contributed by atoms with E-state index in [9.17, 15) is 4.39 Å². The maximum absolute atomic E-state index is 13.0. The molecule has 0 atom stereocenters. The standard InChI is InChI=1S/C19H23FN2O2/c1-23-18-7-8-19(24-2)15(13-18)14-21-9-11-22(12-10-21)17-5-3-16(20)4-6-17/h3-8,13H,9-12,14H2,1-2H3/p+1. The van der Waals surface area contributed by atoms with Crippen molar-refractivity contribution in [1.29, 1.82) is 0 Å². The molecule has 2 aromatic rings. The van der Waals surface area contributed by atoms with Crippen LogP contribution in [0.25, 0.3) is 0 Å². The third kappa shape index (κ3) is 3.79. The maximum Gasteiger partial charge on any atom is 0.127 e. The molecule has 1 N–H and O–H groups in total. The van der Waals surface area contributed by atoms with Gasteiger partial charge in [-0.25, -0.2) is 4.39 Å². The van der Waals surface area contributed by atoms with E-state index in [1.165, 1.54) is 22.6 Å². The van der Waals surface area contributed by atoms with Crippen molar-refractivity contribution in [3.05, 3.63) is 53.8 Å². The first-order valence-corrected chi connectivity index (χ1v) is 8.24. The number of rotatable bonds is 5. The molecule has 2 aromatic carbocycles. The van der Waals surface area contributed by atoms with Gasteiger partial charge in [0.2, 0.25) is 0 Å². The second kappa shape index (κ2) is 7.53. The number of hydrogen-bond acceptors (Lipinski definition) is 3. The zero-order chi connectivity index (χ0) is 16.9. The summed E-state index contributed by atoms with van der Waals surface area (Å²) in [7, 11) is 3.38. The molecular formula is C19H24FN2O2+. The predicted octanol–water partition coefficient (Wildman–Crippen LogP) is 1.75. The van der Waals surface area contributed by atoms with Gasteiger partial charge in [-0.2, -0.15) is 0 Å². The molecule has 4 nitrogen and oxygen atoms in total. The minimum Gasteiger partial charge on any atom is -0.497 e. The Bertz CT molecular complexity index is 668. The fourth-order valence-corrected chi connectivity index (χ4v) is 3.20. The predicted molar refractivity (Wildman–Crippen MR) is 92.6 cm³/mol. The summed E-state index contributed by atoms with van der Waals surface area (Å²) in [4.78, 5) is 3.83. The normalized spacial score (nSPS) is 15.4. The van der Waals surface area contributed by atoms with Crippen molar-refractivity contribution in [2.75, 3.05) is 45.3 Å². The Morgan fingerprint density at radius 1 is 1.00 bits per heavy atom. The molecule has 1 aliphatic heterocycles. The summed E-state index contributed by atoms with van der Waals surface area (Å²) in [6.07, 6.45) is 0. The lowest BCUT2D eigenvalue weighted by Gasteiger charge is -2.34. The van der Waals surface area contributed by atoms with Crippen molar-refractivity contribution in [2.45, 2.75) is 6.54 Å². The molecule has 0 saturated carbocycles. The molecule has 1 fully saturated rings. The number of hydrogen-bond donors (Lipinski definition) is 1. The lowest BCUT2D eigenvalue weighted by atomic mass is 10.1. The fraction of sp³-hybridized carbons (Fsp3) is 0.368. The van der Waals surface area contributed by atoms with E-state index in [1.54, 1.807) is 14.2 Å². The first-order valence-electron chi connectivity index (χ1n) is 8.24. The Morgan fingerprint density at radius 3 is 2.33 bits per heavy atom. The lowest BCUT2D eigenvalue weighted by Crippen LogP contribution is -3.13. The van der Waals surface area contributed by atoms with Gasteiger partial charge in [-0.05, 0) is 42.5 Å². The fourth-order valence-electron chi connectivity index (χ4n) is 3.20. The Labute approximate surface area is 142 Å². The molecule has 24 heavy (non-hydrogen) atoms. The number of quaternary nitrogens is 1. The van der Waals surface area contributed by atoms with Gasteiger partial charge in [-0.15, -0.1) is 0 Å². The smallest absolute Gasteiger partial charge is 0.127 e. The van der Waals surface area contributed by atoms with Crippen LogP contribution < -0.4 is 19.3 Å². The zero-order valence-electron chi connectivity index (χ0n) is 14.2. The Hall–Kier alpha value is -2.27. The van der Waals surface area contributed by atoms with E-state index in [2.05, 4.69) is 11.0 Å². The quantitative estimate of drug-likeness (QED) is 0.904. The highest BCUT2D eigenvalue weighted by molar-refractivity contribution is 5.46. The van der Waals surface area contributed by atoms with Crippen LogP contribution in [0.3, 0.4) is 0 Å². The summed E-state index contributed by atoms with van der Waals surface area (Å²) in [5, 5.41) is 0. The van der Waals surface area contributed by atoms with Gasteiger partial charge >= 0.3 is 0 Å². The van der Waals surface area contributed by atoms with Crippen molar-refractivity contribution in [1.82, 2.24) is 0 Å². The summed E-state index contributed by atoms with van der Waals surface area (Å²) in [6.45, 7) is 4.92. The van der Waals surface area contributed by atoms with Crippen LogP contribution >= 0.6 is 0 Å². The van der Waals surface area contributed by atoms with Crippen LogP contribution in [-0.2, 0) is 6.54 Å². The molecule has 0 amide bonds. The summed E-state index contributed by atoms with van der Waals surface area (Å²) in [6, 6.07) is 12.7. The van der Waals surface area contributed by atoms with E-state index in [1.807, 2.05) is 24.3 Å². The van der Waals surface area contributed by atoms with E-state index in [-0.39, 0.29) is 5.82 Å². The lowest BCUT2D eigenvalue weighted by molar-refractivity contribution is -0.914. The number of nitrogens with zero attached hydrogens (tertiary/aromatic N) is 1. The Kier molecular flexibility index (Phi) is 5.20. The average Bonchev–Trinajstić information content (AvgIpc) is 2.63. The van der Waals surface area contributed by atoms with E-state index >= 15 is 0 Å². The molecule has 0 aliphatic carbocycles. The summed E-state index contributed by atoms with van der Waals surface area (Å²) in [5.41, 5.74) is 2.26. The van der Waals surface area contributed by atoms with Crippen LogP contribution in [0.2, 0.25) is 0 Å². The monoisotopic (exact) mass is 331 g/mol. The number of methoxy groups -OCH3 is 2. The Morgan fingerprint density at radius 2 is 1.71 bits per heavy atom. The van der Waals surface area contributed by atoms with Crippen molar-refractivity contribution in [3.8, 4) is 11.5 Å². The topological polar surface area (TPSA) is 26.1 Å². The molecular weight excluding hydrogens is 307 g/mol. The number of ether oxygens (including phenoxy) is 2. The van der Waals surface area contributed by atoms with Crippen molar-refractivity contribution < 1.29 is 18.8 Å². The number of anilines is 1. The van der Waals surface area contributed by atoms with Crippen LogP contribution in [0.1, 0.15) is 5.56 Å². The van der Waals surface area contributed by atoms with Crippen LogP contribution in [0.4, 0.5) is 10.1 Å². The van der Waals surface area contributed by atoms with Crippen LogP contribution in [-0.4, -0.2) is 40.4 Å². The maximum atomic E-state index is 13.0. The van der Waals surface area contributed by atoms with Gasteiger partial charge in [-0.3, -0.25) is 0 Å². The minimum absolute atomic E-state index is 0.187. The van der Waals surface area contributed by atoms with Crippen molar-refractivity contribution in [2.24, 2.45) is 0 Å². The highest BCUT2D eigenvalue weighted by Gasteiger charge is 2.21. The van der Waals surface area contributed by atoms with E-state index < -0.39 is 0 Å². The number of benzene rings is 2. The zero-order valence-corrected chi connectivity index (χ0v) is 14.2. The molecule has 128 valence electrons. The van der Waals surface area contributed by atoms with Gasteiger partial charge in [0.15, 0.2) is 0 Å². The highest BCUT2D eigenvalue weighted by Crippen LogP contribution is 2.23. The summed E-state index contributed by atoms with van der Waals surface area (Å²) in [5.74, 6) is 1.58. The van der Waals surface area contributed by atoms with Crippen LogP contribution in [0, 0.1) is 5.82 Å². The van der Waals surface area contributed by atoms with Gasteiger partial charge in [-0.1, -0.05) is 0 Å². The van der Waals surface area contributed by atoms with Gasteiger partial charge in [0, 0.05) is 5.69 Å². The van der Waals surface area contributed by atoms with E-state index in [0.717, 1.165) is 49.9 Å². The molecule has 5 heteroatoms. The third-order valence-electron chi connectivity index (χ3n) is 4.59. The van der Waals surface area contributed by atoms with E-state index in [0.29, 0.717) is 0 Å². The SMILES string of the molecule is COc1ccc(OC)c(C[NH+]2CCN(c3ccc(F)cc3)CC2)c1. The van der Waals surface area contributed by atoms with Gasteiger partial charge in [0.05, 0.1) is 46.0 Å². The molecule has 0 aromatic heterocycles. The van der Waals surface area contributed by atoms with Crippen LogP contribution in [0.5, 0.6) is 11.5 Å². The second-order valence-corrected chi connectivity index (χ2v) is 6.07. The van der Waals surface area contributed by atoms with E-state index in [4.69, 9.17) is 9.47 Å². The van der Waals surface area contributed by atoms with Crippen LogP contribution in [0.15, 0.2) is 42.5 Å². The third-order valence-corrected chi connectivity index (χ3v) is 4.59. The molecule has 3 rings (SSSR count). The molecule has 0 unspecified atom stereocenters.